The number of para-hydroxylation sites is 3. The minimum atomic E-state index is 0.593. The highest BCUT2D eigenvalue weighted by molar-refractivity contribution is 6.17. The van der Waals surface area contributed by atoms with Gasteiger partial charge in [-0.2, -0.15) is 0 Å². The molecule has 14 rings (SSSR count). The van der Waals surface area contributed by atoms with Crippen molar-refractivity contribution in [2.45, 2.75) is 0 Å². The maximum absolute atomic E-state index is 5.39. The van der Waals surface area contributed by atoms with Crippen molar-refractivity contribution in [1.29, 1.82) is 0 Å². The predicted molar refractivity (Wildman–Crippen MR) is 307 cm³/mol. The van der Waals surface area contributed by atoms with E-state index in [1.165, 1.54) is 32.7 Å². The van der Waals surface area contributed by atoms with Crippen LogP contribution < -0.4 is 0 Å². The van der Waals surface area contributed by atoms with E-state index in [1.807, 2.05) is 18.2 Å². The van der Waals surface area contributed by atoms with Crippen LogP contribution in [-0.2, 0) is 0 Å². The third-order valence-corrected chi connectivity index (χ3v) is 14.4. The second-order valence-electron chi connectivity index (χ2n) is 18.8. The molecule has 0 fully saturated rings. The number of hydrogen-bond donors (Lipinski definition) is 0. The van der Waals surface area contributed by atoms with Gasteiger partial charge in [-0.3, -0.25) is 0 Å². The van der Waals surface area contributed by atoms with Crippen molar-refractivity contribution in [2.24, 2.45) is 0 Å². The van der Waals surface area contributed by atoms with Crippen molar-refractivity contribution in [3.63, 3.8) is 0 Å². The Morgan fingerprint density at radius 2 is 0.662 bits per heavy atom. The van der Waals surface area contributed by atoms with E-state index < -0.39 is 0 Å². The molecule has 0 unspecified atom stereocenters. The minimum Gasteiger partial charge on any atom is -0.309 e. The number of hydrogen-bond acceptors (Lipinski definition) is 3. The number of fused-ring (bicyclic) bond motifs is 6. The number of aromatic nitrogens is 5. The standard InChI is InChI=1S/C69H45N5/c1-5-20-46(21-6-1)49-26-17-28-52(42-49)59-45-54(39-41-63(59)74-61-35-15-13-32-57(61)58-33-14-16-36-62(58)74)69-71-67(48-24-9-3-10-25-48)70-68(72-69)53-29-18-27-51(43-53)56-34-19-37-65-66(56)60-44-50(47-22-7-2-8-23-47)38-40-64(60)73(65)55-30-11-4-12-31-55/h1-45H. The van der Waals surface area contributed by atoms with Crippen molar-refractivity contribution < 1.29 is 0 Å². The molecule has 346 valence electrons. The lowest BCUT2D eigenvalue weighted by molar-refractivity contribution is 1.07. The summed E-state index contributed by atoms with van der Waals surface area (Å²) in [7, 11) is 0. The third-order valence-electron chi connectivity index (χ3n) is 14.4. The predicted octanol–water partition coefficient (Wildman–Crippen LogP) is 17.7. The molecule has 5 heteroatoms. The van der Waals surface area contributed by atoms with Gasteiger partial charge in [0.15, 0.2) is 17.5 Å². The Balaban J connectivity index is 0.960. The molecule has 0 aliphatic rings. The fourth-order valence-electron chi connectivity index (χ4n) is 10.9. The van der Waals surface area contributed by atoms with Crippen molar-refractivity contribution in [3.8, 4) is 90.0 Å². The van der Waals surface area contributed by atoms with E-state index >= 15 is 0 Å². The quantitative estimate of drug-likeness (QED) is 0.145. The average Bonchev–Trinajstić information content (AvgIpc) is 4.01. The highest BCUT2D eigenvalue weighted by Crippen LogP contribution is 2.43. The Kier molecular flexibility index (Phi) is 10.4. The molecule has 0 radical (unpaired) electrons. The van der Waals surface area contributed by atoms with Crippen molar-refractivity contribution in [3.05, 3.63) is 273 Å². The molecule has 74 heavy (non-hydrogen) atoms. The van der Waals surface area contributed by atoms with Gasteiger partial charge in [-0.1, -0.05) is 200 Å². The van der Waals surface area contributed by atoms with E-state index in [2.05, 4.69) is 264 Å². The molecule has 0 atom stereocenters. The van der Waals surface area contributed by atoms with Gasteiger partial charge in [-0.25, -0.2) is 15.0 Å². The molecule has 0 spiro atoms. The van der Waals surface area contributed by atoms with Gasteiger partial charge in [0, 0.05) is 49.5 Å². The van der Waals surface area contributed by atoms with E-state index in [1.54, 1.807) is 0 Å². The molecule has 5 nitrogen and oxygen atoms in total. The summed E-state index contributed by atoms with van der Waals surface area (Å²) >= 11 is 0. The van der Waals surface area contributed by atoms with E-state index in [4.69, 9.17) is 15.0 Å². The van der Waals surface area contributed by atoms with Crippen LogP contribution in [0.15, 0.2) is 273 Å². The zero-order valence-corrected chi connectivity index (χ0v) is 40.2. The van der Waals surface area contributed by atoms with Gasteiger partial charge in [-0.15, -0.1) is 0 Å². The molecule has 0 bridgehead atoms. The lowest BCUT2D eigenvalue weighted by Gasteiger charge is -2.17. The maximum Gasteiger partial charge on any atom is 0.164 e. The van der Waals surface area contributed by atoms with Crippen LogP contribution >= 0.6 is 0 Å². The molecular formula is C69H45N5. The molecule has 0 N–H and O–H groups in total. The van der Waals surface area contributed by atoms with Crippen LogP contribution in [0.25, 0.3) is 134 Å². The fraction of sp³-hybridized carbons (Fsp3) is 0. The zero-order chi connectivity index (χ0) is 49.0. The third kappa shape index (κ3) is 7.46. The zero-order valence-electron chi connectivity index (χ0n) is 40.2. The molecule has 11 aromatic carbocycles. The largest absolute Gasteiger partial charge is 0.309 e. The minimum absolute atomic E-state index is 0.593. The number of benzene rings is 11. The molecule has 0 saturated heterocycles. The van der Waals surface area contributed by atoms with Crippen LogP contribution in [0.1, 0.15) is 0 Å². The first-order valence-corrected chi connectivity index (χ1v) is 25.1. The molecular weight excluding hydrogens is 899 g/mol. The first-order chi connectivity index (χ1) is 36.7. The number of nitrogens with zero attached hydrogens (tertiary/aromatic N) is 5. The Morgan fingerprint density at radius 1 is 0.230 bits per heavy atom. The van der Waals surface area contributed by atoms with Crippen molar-refractivity contribution in [1.82, 2.24) is 24.1 Å². The highest BCUT2D eigenvalue weighted by Gasteiger charge is 2.21. The second kappa shape index (κ2) is 18.0. The lowest BCUT2D eigenvalue weighted by atomic mass is 9.96. The van der Waals surface area contributed by atoms with Gasteiger partial charge in [0.2, 0.25) is 0 Å². The van der Waals surface area contributed by atoms with Crippen LogP contribution in [0.5, 0.6) is 0 Å². The first-order valence-electron chi connectivity index (χ1n) is 25.1. The molecule has 14 aromatic rings. The monoisotopic (exact) mass is 943 g/mol. The van der Waals surface area contributed by atoms with Crippen LogP contribution in [0.3, 0.4) is 0 Å². The van der Waals surface area contributed by atoms with Crippen molar-refractivity contribution in [2.75, 3.05) is 0 Å². The Labute approximate surface area is 428 Å². The SMILES string of the molecule is c1ccc(-c2cccc(-c3cc(-c4nc(-c5ccccc5)nc(-c5cccc(-c6cccc7c6c6cc(-c8ccccc8)ccc6n7-c6ccccc6)c5)n4)ccc3-n3c4ccccc4c4ccccc43)c2)cc1. The number of rotatable bonds is 9. The fourth-order valence-corrected chi connectivity index (χ4v) is 10.9. The summed E-state index contributed by atoms with van der Waals surface area (Å²) in [6.45, 7) is 0. The van der Waals surface area contributed by atoms with Gasteiger partial charge in [0.25, 0.3) is 0 Å². The molecule has 0 saturated carbocycles. The molecule has 3 heterocycles. The van der Waals surface area contributed by atoms with Gasteiger partial charge in [0.1, 0.15) is 0 Å². The van der Waals surface area contributed by atoms with E-state index in [-0.39, 0.29) is 0 Å². The average molecular weight is 944 g/mol. The Hall–Kier alpha value is -9.97. The Bertz CT molecular complexity index is 4350. The van der Waals surface area contributed by atoms with Crippen LogP contribution in [-0.4, -0.2) is 24.1 Å². The van der Waals surface area contributed by atoms with E-state index in [0.717, 1.165) is 83.5 Å². The summed E-state index contributed by atoms with van der Waals surface area (Å²) < 4.78 is 4.79. The summed E-state index contributed by atoms with van der Waals surface area (Å²) in [6, 6.07) is 97.2. The summed E-state index contributed by atoms with van der Waals surface area (Å²) in [6.07, 6.45) is 0. The molecule has 0 aliphatic heterocycles. The highest BCUT2D eigenvalue weighted by atomic mass is 15.0. The van der Waals surface area contributed by atoms with Crippen LogP contribution in [0.4, 0.5) is 0 Å². The first kappa shape index (κ1) is 42.9. The second-order valence-corrected chi connectivity index (χ2v) is 18.8. The molecule has 3 aromatic heterocycles. The molecule has 0 aliphatic carbocycles. The van der Waals surface area contributed by atoms with Crippen LogP contribution in [0, 0.1) is 0 Å². The lowest BCUT2D eigenvalue weighted by Crippen LogP contribution is -2.02. The van der Waals surface area contributed by atoms with Crippen molar-refractivity contribution >= 4 is 43.6 Å². The smallest absolute Gasteiger partial charge is 0.164 e. The normalized spacial score (nSPS) is 11.5. The van der Waals surface area contributed by atoms with Crippen LogP contribution in [0.2, 0.25) is 0 Å². The maximum atomic E-state index is 5.39. The van der Waals surface area contributed by atoms with Gasteiger partial charge >= 0.3 is 0 Å². The molecule has 0 amide bonds. The van der Waals surface area contributed by atoms with Gasteiger partial charge in [0.05, 0.1) is 27.8 Å². The summed E-state index contributed by atoms with van der Waals surface area (Å²) in [5, 5.41) is 4.80. The Morgan fingerprint density at radius 3 is 1.31 bits per heavy atom. The van der Waals surface area contributed by atoms with Gasteiger partial charge < -0.3 is 9.13 Å². The van der Waals surface area contributed by atoms with E-state index in [9.17, 15) is 0 Å². The summed E-state index contributed by atoms with van der Waals surface area (Å²) in [4.78, 5) is 15.9. The van der Waals surface area contributed by atoms with E-state index in [0.29, 0.717) is 17.5 Å². The van der Waals surface area contributed by atoms with Gasteiger partial charge in [-0.05, 0) is 112 Å². The topological polar surface area (TPSA) is 48.5 Å². The summed E-state index contributed by atoms with van der Waals surface area (Å²) in [5.41, 5.74) is 18.5. The summed E-state index contributed by atoms with van der Waals surface area (Å²) in [5.74, 6) is 1.80.